The summed E-state index contributed by atoms with van der Waals surface area (Å²) >= 11 is 0. The number of benzene rings is 2. The number of piperidine rings is 2. The van der Waals surface area contributed by atoms with Gasteiger partial charge < -0.3 is 28.6 Å². The fourth-order valence-corrected chi connectivity index (χ4v) is 15.5. The molecule has 2 spiro atoms. The molecular weight excluding hydrogens is 617 g/mol. The van der Waals surface area contributed by atoms with E-state index in [0.29, 0.717) is 42.5 Å². The number of hydrogen-bond donors (Lipinski definition) is 1. The highest BCUT2D eigenvalue weighted by Gasteiger charge is 2.78. The zero-order chi connectivity index (χ0) is 33.2. The number of fused-ring (bicyclic) bond motifs is 7. The molecule has 2 aromatic carbocycles. The maximum atomic E-state index is 10.5. The minimum absolute atomic E-state index is 0.00591. The summed E-state index contributed by atoms with van der Waals surface area (Å²) in [7, 11) is 0. The minimum Gasteiger partial charge on any atom is -0.392 e. The number of ether oxygens (including phenoxy) is 1. The van der Waals surface area contributed by atoms with Crippen molar-refractivity contribution in [3.05, 3.63) is 120 Å². The van der Waals surface area contributed by atoms with E-state index >= 15 is 0 Å². The van der Waals surface area contributed by atoms with Crippen molar-refractivity contribution < 1.29 is 18.8 Å². The molecule has 8 heterocycles. The van der Waals surface area contributed by atoms with Crippen molar-refractivity contribution in [2.75, 3.05) is 62.3 Å². The molecule has 12 rings (SSSR count). The Morgan fingerprint density at radius 2 is 1.58 bits per heavy atom. The number of anilines is 2. The fraction of sp³-hybridized carbons (Fsp3) is 0.500. The first-order valence-electron chi connectivity index (χ1n) is 19.6. The number of rotatable bonds is 5. The fourth-order valence-electron chi connectivity index (χ4n) is 15.5. The summed E-state index contributed by atoms with van der Waals surface area (Å²) in [5.74, 6) is 1.20. The Morgan fingerprint density at radius 3 is 2.36 bits per heavy atom. The third kappa shape index (κ3) is 3.01. The highest BCUT2D eigenvalue weighted by molar-refractivity contribution is 5.74. The zero-order valence-corrected chi connectivity index (χ0v) is 29.2. The summed E-state index contributed by atoms with van der Waals surface area (Å²) in [6.45, 7) is 16.0. The summed E-state index contributed by atoms with van der Waals surface area (Å²) in [4.78, 5) is 5.74. The average Bonchev–Trinajstić information content (AvgIpc) is 3.78. The van der Waals surface area contributed by atoms with Crippen LogP contribution >= 0.6 is 0 Å². The standard InChI is InChI=1S/C44H50N4O2/c1-3-17-47-19-15-43-34-10-6-8-12-36(34)46-40(43)32(30(23-37(43)47)28(26-47)13-21-49)25-45-35-11-7-5-9-33(35)44-16-20-48(18-4-2)27-29-14-22-50-42(46)39(41(44)45)31(29)24-38(44)48/h3-14,25,30-31,37-42,49H,1-2,15-24,26-27H2/q+2/b28-13-,32-25-/t30-,31-,37-,38?,39+,40-,41?,42+,43+,44+,47?,48?/m0/s1. The Labute approximate surface area is 296 Å². The molecule has 0 amide bonds. The first-order chi connectivity index (χ1) is 24.5. The third-order valence-electron chi connectivity index (χ3n) is 16.7. The number of hydrogen-bond acceptors (Lipinski definition) is 4. The number of aliphatic hydroxyl groups is 1. The van der Waals surface area contributed by atoms with E-state index in [2.05, 4.69) is 102 Å². The molecular formula is C44H50N4O2+2. The predicted octanol–water partition coefficient (Wildman–Crippen LogP) is 5.57. The van der Waals surface area contributed by atoms with Crippen molar-refractivity contribution in [3.8, 4) is 0 Å². The molecule has 1 N–H and O–H groups in total. The normalized spacial score (nSPS) is 47.7. The lowest BCUT2D eigenvalue weighted by Crippen LogP contribution is -2.74. The van der Waals surface area contributed by atoms with Crippen molar-refractivity contribution in [2.24, 2.45) is 17.8 Å². The molecule has 256 valence electrons. The van der Waals surface area contributed by atoms with Crippen LogP contribution in [0.3, 0.4) is 0 Å². The molecule has 4 bridgehead atoms. The van der Waals surface area contributed by atoms with Crippen LogP contribution in [0.4, 0.5) is 11.4 Å². The van der Waals surface area contributed by atoms with Gasteiger partial charge in [0.2, 0.25) is 0 Å². The first kappa shape index (κ1) is 29.2. The van der Waals surface area contributed by atoms with Gasteiger partial charge in [0, 0.05) is 61.0 Å². The molecule has 6 nitrogen and oxygen atoms in total. The smallest absolute Gasteiger partial charge is 0.136 e. The van der Waals surface area contributed by atoms with E-state index in [1.54, 1.807) is 22.3 Å². The largest absolute Gasteiger partial charge is 0.392 e. The van der Waals surface area contributed by atoms with Gasteiger partial charge in [-0.3, -0.25) is 0 Å². The Morgan fingerprint density at radius 1 is 0.880 bits per heavy atom. The molecule has 4 unspecified atom stereocenters. The van der Waals surface area contributed by atoms with Crippen molar-refractivity contribution >= 4 is 11.4 Å². The minimum atomic E-state index is -0.00591. The second-order valence-electron chi connectivity index (χ2n) is 17.8. The molecule has 12 atom stereocenters. The van der Waals surface area contributed by atoms with Gasteiger partial charge in [0.05, 0.1) is 62.3 Å². The van der Waals surface area contributed by atoms with E-state index in [4.69, 9.17) is 4.74 Å². The van der Waals surface area contributed by atoms with Crippen LogP contribution in [0.15, 0.2) is 109 Å². The highest BCUT2D eigenvalue weighted by atomic mass is 16.5. The molecule has 6 heteroatoms. The Kier molecular flexibility index (Phi) is 5.55. The zero-order valence-electron chi connectivity index (χ0n) is 29.2. The van der Waals surface area contributed by atoms with Crippen LogP contribution < -0.4 is 9.80 Å². The van der Waals surface area contributed by atoms with Crippen molar-refractivity contribution in [1.82, 2.24) is 0 Å². The van der Waals surface area contributed by atoms with E-state index in [0.717, 1.165) is 48.1 Å². The van der Waals surface area contributed by atoms with Gasteiger partial charge in [-0.2, -0.15) is 0 Å². The molecule has 4 saturated heterocycles. The topological polar surface area (TPSA) is 35.9 Å². The van der Waals surface area contributed by atoms with E-state index < -0.39 is 0 Å². The number of aliphatic hydroxyl groups excluding tert-OH is 1. The van der Waals surface area contributed by atoms with Gasteiger partial charge in [0.15, 0.2) is 0 Å². The van der Waals surface area contributed by atoms with Crippen LogP contribution in [0.1, 0.15) is 36.8 Å². The summed E-state index contributed by atoms with van der Waals surface area (Å²) in [5.41, 5.74) is 10.8. The van der Waals surface area contributed by atoms with Crippen LogP contribution in [0.25, 0.3) is 0 Å². The monoisotopic (exact) mass is 666 g/mol. The van der Waals surface area contributed by atoms with Crippen LogP contribution in [-0.4, -0.2) is 97.0 Å². The molecule has 50 heavy (non-hydrogen) atoms. The van der Waals surface area contributed by atoms with E-state index in [-0.39, 0.29) is 29.7 Å². The van der Waals surface area contributed by atoms with E-state index in [1.807, 2.05) is 0 Å². The second-order valence-corrected chi connectivity index (χ2v) is 17.8. The van der Waals surface area contributed by atoms with E-state index in [9.17, 15) is 5.11 Å². The van der Waals surface area contributed by atoms with Crippen LogP contribution in [-0.2, 0) is 15.6 Å². The number of nitrogens with zero attached hydrogens (tertiary/aromatic N) is 4. The predicted molar refractivity (Wildman–Crippen MR) is 196 cm³/mol. The SMILES string of the molecule is C=CC[N+]12CC[C@@]34c5ccccc5N5/C=C6/[C@H]7C[C@H]8[C@@]9(CC[N+]8(CC=C)C/C7=C/CO)c7ccccc7N([C@@H]7OCC=C(C1)[C@H](CC32)[C@@H]7C54)[C@@H]69. The van der Waals surface area contributed by atoms with Crippen molar-refractivity contribution in [1.29, 1.82) is 0 Å². The summed E-state index contributed by atoms with van der Waals surface area (Å²) in [5, 5.41) is 10.5. The highest BCUT2D eigenvalue weighted by Crippen LogP contribution is 2.71. The Bertz CT molecular complexity index is 1980. The number of quaternary nitrogens is 2. The van der Waals surface area contributed by atoms with Gasteiger partial charge in [-0.25, -0.2) is 0 Å². The van der Waals surface area contributed by atoms with Gasteiger partial charge in [0.1, 0.15) is 31.4 Å². The van der Waals surface area contributed by atoms with Crippen LogP contribution in [0.5, 0.6) is 0 Å². The molecule has 2 aromatic rings. The van der Waals surface area contributed by atoms with Gasteiger partial charge in [-0.15, -0.1) is 0 Å². The third-order valence-corrected chi connectivity index (χ3v) is 16.7. The van der Waals surface area contributed by atoms with Crippen LogP contribution in [0, 0.1) is 17.8 Å². The molecule has 0 radical (unpaired) electrons. The van der Waals surface area contributed by atoms with Crippen molar-refractivity contribution in [2.45, 2.75) is 66.9 Å². The molecule has 2 aliphatic carbocycles. The van der Waals surface area contributed by atoms with Crippen molar-refractivity contribution in [3.63, 3.8) is 0 Å². The molecule has 2 saturated carbocycles. The Hall–Kier alpha value is -3.42. The van der Waals surface area contributed by atoms with Gasteiger partial charge in [-0.1, -0.05) is 61.7 Å². The van der Waals surface area contributed by atoms with E-state index in [1.165, 1.54) is 42.8 Å². The lowest BCUT2D eigenvalue weighted by molar-refractivity contribution is -0.937. The lowest BCUT2D eigenvalue weighted by Gasteiger charge is -2.62. The second kappa shape index (κ2) is 9.51. The molecule has 0 aromatic heterocycles. The lowest BCUT2D eigenvalue weighted by atomic mass is 9.53. The van der Waals surface area contributed by atoms with Gasteiger partial charge >= 0.3 is 0 Å². The molecule has 6 fully saturated rings. The summed E-state index contributed by atoms with van der Waals surface area (Å²) in [6, 6.07) is 20.8. The molecule has 10 aliphatic rings. The summed E-state index contributed by atoms with van der Waals surface area (Å²) < 4.78 is 9.69. The summed E-state index contributed by atoms with van der Waals surface area (Å²) in [6.07, 6.45) is 16.6. The quantitative estimate of drug-likeness (QED) is 0.335. The average molecular weight is 667 g/mol. The van der Waals surface area contributed by atoms with Gasteiger partial charge in [0.25, 0.3) is 0 Å². The van der Waals surface area contributed by atoms with Crippen LogP contribution in [0.2, 0.25) is 0 Å². The maximum Gasteiger partial charge on any atom is 0.136 e. The number of para-hydroxylation sites is 2. The van der Waals surface area contributed by atoms with Gasteiger partial charge in [-0.05, 0) is 52.1 Å². The first-order valence-corrected chi connectivity index (χ1v) is 19.6. The molecule has 8 aliphatic heterocycles. The maximum absolute atomic E-state index is 10.5. The Balaban J connectivity index is 1.17.